The van der Waals surface area contributed by atoms with Gasteiger partial charge in [0.1, 0.15) is 5.82 Å². The van der Waals surface area contributed by atoms with E-state index in [4.69, 9.17) is 5.11 Å². The molecule has 0 aliphatic heterocycles. The number of hydrogen-bond acceptors (Lipinski definition) is 4. The van der Waals surface area contributed by atoms with Crippen LogP contribution in [0, 0.1) is 0 Å². The van der Waals surface area contributed by atoms with Gasteiger partial charge < -0.3 is 15.1 Å². The predicted octanol–water partition coefficient (Wildman–Crippen LogP) is 5.51. The molecule has 1 heterocycles. The number of pyridine rings is 1. The summed E-state index contributed by atoms with van der Waals surface area (Å²) in [5.41, 5.74) is 2.01. The maximum absolute atomic E-state index is 12.9. The Kier molecular flexibility index (Phi) is 5.95. The lowest BCUT2D eigenvalue weighted by Gasteiger charge is -2.29. The number of carbonyl (C=O) groups is 1. The summed E-state index contributed by atoms with van der Waals surface area (Å²) < 4.78 is 38.8. The predicted molar refractivity (Wildman–Crippen MR) is 120 cm³/mol. The molecular formula is C25H21F3N2O3. The first-order chi connectivity index (χ1) is 15.6. The van der Waals surface area contributed by atoms with Crippen LogP contribution in [0.5, 0.6) is 0 Å². The number of anilines is 1. The molecule has 5 nitrogen and oxygen atoms in total. The first-order valence-electron chi connectivity index (χ1n) is 10.3. The van der Waals surface area contributed by atoms with Gasteiger partial charge in [-0.05, 0) is 66.4 Å². The quantitative estimate of drug-likeness (QED) is 0.498. The van der Waals surface area contributed by atoms with Crippen molar-refractivity contribution in [3.8, 4) is 0 Å². The Bertz CT molecular complexity index is 1260. The van der Waals surface area contributed by atoms with Crippen LogP contribution in [0.1, 0.15) is 34.3 Å². The number of aliphatic hydroxyl groups is 1. The van der Waals surface area contributed by atoms with Crippen LogP contribution >= 0.6 is 0 Å². The summed E-state index contributed by atoms with van der Waals surface area (Å²) in [7, 11) is 1.67. The molecule has 0 amide bonds. The van der Waals surface area contributed by atoms with E-state index in [-0.39, 0.29) is 5.56 Å². The van der Waals surface area contributed by atoms with Crippen molar-refractivity contribution in [1.29, 1.82) is 0 Å². The lowest BCUT2D eigenvalue weighted by atomic mass is 9.90. The molecule has 1 aliphatic rings. The number of rotatable bonds is 5. The van der Waals surface area contributed by atoms with Crippen LogP contribution in [0.4, 0.5) is 19.0 Å². The van der Waals surface area contributed by atoms with Gasteiger partial charge in [-0.1, -0.05) is 24.3 Å². The first-order valence-corrected chi connectivity index (χ1v) is 10.3. The van der Waals surface area contributed by atoms with Crippen LogP contribution in [0.25, 0.3) is 16.5 Å². The molecule has 0 radical (unpaired) electrons. The lowest BCUT2D eigenvalue weighted by Crippen LogP contribution is -2.34. The fraction of sp³-hybridized carbons (Fsp3) is 0.200. The summed E-state index contributed by atoms with van der Waals surface area (Å²) in [5.74, 6) is -0.559. The van der Waals surface area contributed by atoms with Gasteiger partial charge in [0.05, 0.1) is 16.6 Å². The Morgan fingerprint density at radius 1 is 1.09 bits per heavy atom. The number of fused-ring (bicyclic) bond motifs is 1. The van der Waals surface area contributed by atoms with E-state index in [1.165, 1.54) is 24.3 Å². The van der Waals surface area contributed by atoms with Crippen molar-refractivity contribution in [2.45, 2.75) is 25.2 Å². The minimum absolute atomic E-state index is 0.157. The zero-order valence-electron chi connectivity index (χ0n) is 17.7. The smallest absolute Gasteiger partial charge is 0.416 e. The fourth-order valence-corrected chi connectivity index (χ4v) is 3.87. The number of alkyl halides is 3. The normalized spacial score (nSPS) is 15.1. The SMILES string of the molecule is CN(c1ccc2cc(C(=O)O)ccc2n1)C(O)C1=C(c2ccc(C(F)(F)F)cc2)CCC=C1. The van der Waals surface area contributed by atoms with Crippen molar-refractivity contribution >= 4 is 28.3 Å². The van der Waals surface area contributed by atoms with Crippen LogP contribution in [-0.2, 0) is 6.18 Å². The van der Waals surface area contributed by atoms with Gasteiger partial charge in [-0.15, -0.1) is 0 Å². The average molecular weight is 454 g/mol. The molecule has 33 heavy (non-hydrogen) atoms. The molecule has 1 aromatic heterocycles. The number of nitrogens with zero attached hydrogens (tertiary/aromatic N) is 2. The number of aliphatic hydroxyl groups excluding tert-OH is 1. The summed E-state index contributed by atoms with van der Waals surface area (Å²) in [6, 6.07) is 13.0. The van der Waals surface area contributed by atoms with Crippen LogP contribution in [0.15, 0.2) is 72.3 Å². The third kappa shape index (κ3) is 4.61. The third-order valence-corrected chi connectivity index (χ3v) is 5.70. The minimum atomic E-state index is -4.41. The number of halogens is 3. The fourth-order valence-electron chi connectivity index (χ4n) is 3.87. The van der Waals surface area contributed by atoms with Crippen LogP contribution in [-0.4, -0.2) is 34.4 Å². The molecule has 1 aliphatic carbocycles. The van der Waals surface area contributed by atoms with E-state index in [2.05, 4.69) is 4.98 Å². The van der Waals surface area contributed by atoms with Crippen molar-refractivity contribution in [1.82, 2.24) is 4.98 Å². The molecule has 2 N–H and O–H groups in total. The second kappa shape index (κ2) is 8.71. The average Bonchev–Trinajstić information content (AvgIpc) is 2.82. The highest BCUT2D eigenvalue weighted by atomic mass is 19.4. The molecule has 0 fully saturated rings. The molecule has 0 saturated carbocycles. The third-order valence-electron chi connectivity index (χ3n) is 5.70. The van der Waals surface area contributed by atoms with Crippen LogP contribution in [0.2, 0.25) is 0 Å². The van der Waals surface area contributed by atoms with Crippen molar-refractivity contribution in [3.05, 3.63) is 89.0 Å². The van der Waals surface area contributed by atoms with Crippen LogP contribution in [0.3, 0.4) is 0 Å². The van der Waals surface area contributed by atoms with E-state index in [1.54, 1.807) is 36.2 Å². The highest BCUT2D eigenvalue weighted by molar-refractivity contribution is 5.93. The number of allylic oxidation sites excluding steroid dienone is 2. The lowest BCUT2D eigenvalue weighted by molar-refractivity contribution is -0.137. The van der Waals surface area contributed by atoms with Crippen molar-refractivity contribution in [3.63, 3.8) is 0 Å². The van der Waals surface area contributed by atoms with Gasteiger partial charge >= 0.3 is 12.1 Å². The molecule has 0 saturated heterocycles. The molecule has 8 heteroatoms. The molecule has 170 valence electrons. The first kappa shape index (κ1) is 22.5. The van der Waals surface area contributed by atoms with Crippen molar-refractivity contribution in [2.24, 2.45) is 0 Å². The van der Waals surface area contributed by atoms with Gasteiger partial charge in [-0.3, -0.25) is 0 Å². The highest BCUT2D eigenvalue weighted by Crippen LogP contribution is 2.35. The molecule has 1 unspecified atom stereocenters. The molecule has 0 bridgehead atoms. The second-order valence-electron chi connectivity index (χ2n) is 7.82. The van der Waals surface area contributed by atoms with Gasteiger partial charge in [0.15, 0.2) is 6.23 Å². The molecular weight excluding hydrogens is 433 g/mol. The number of carboxylic acid groups (broad SMARTS) is 1. The summed E-state index contributed by atoms with van der Waals surface area (Å²) in [4.78, 5) is 17.3. The molecule has 1 atom stereocenters. The number of likely N-dealkylation sites (N-methyl/N-ethyl adjacent to an activating group) is 1. The topological polar surface area (TPSA) is 73.7 Å². The standard InChI is InChI=1S/C25H21F3N2O3/c1-30(22-13-9-16-14-17(24(32)33)8-12-21(16)29-22)23(31)20-5-3-2-4-19(20)15-6-10-18(11-7-15)25(26,27)28/h3,5-14,23,31H,2,4H2,1H3,(H,32,33). The van der Waals surface area contributed by atoms with E-state index in [1.807, 2.05) is 6.08 Å². The molecule has 3 aromatic rings. The Hall–Kier alpha value is -3.65. The maximum atomic E-state index is 12.9. The second-order valence-corrected chi connectivity index (χ2v) is 7.82. The van der Waals surface area contributed by atoms with Gasteiger partial charge in [-0.25, -0.2) is 9.78 Å². The van der Waals surface area contributed by atoms with E-state index in [0.29, 0.717) is 34.3 Å². The Labute approximate surface area is 188 Å². The Morgan fingerprint density at radius 3 is 2.48 bits per heavy atom. The summed E-state index contributed by atoms with van der Waals surface area (Å²) in [6.07, 6.45) is -0.475. The summed E-state index contributed by atoms with van der Waals surface area (Å²) >= 11 is 0. The summed E-state index contributed by atoms with van der Waals surface area (Å²) in [5, 5.41) is 20.9. The van der Waals surface area contributed by atoms with Gasteiger partial charge in [0.2, 0.25) is 0 Å². The Balaban J connectivity index is 1.66. The molecule has 0 spiro atoms. The Morgan fingerprint density at radius 2 is 1.82 bits per heavy atom. The molecule has 4 rings (SSSR count). The number of carboxylic acids is 1. The van der Waals surface area contributed by atoms with Gasteiger partial charge in [0.25, 0.3) is 0 Å². The van der Waals surface area contributed by atoms with Gasteiger partial charge in [-0.2, -0.15) is 13.2 Å². The monoisotopic (exact) mass is 454 g/mol. The highest BCUT2D eigenvalue weighted by Gasteiger charge is 2.30. The summed E-state index contributed by atoms with van der Waals surface area (Å²) in [6.45, 7) is 0. The molecule has 2 aromatic carbocycles. The maximum Gasteiger partial charge on any atom is 0.416 e. The number of aromatic nitrogens is 1. The van der Waals surface area contributed by atoms with E-state index in [0.717, 1.165) is 24.1 Å². The number of benzene rings is 2. The number of hydrogen-bond donors (Lipinski definition) is 2. The number of aromatic carboxylic acids is 1. The van der Waals surface area contributed by atoms with Crippen molar-refractivity contribution in [2.75, 3.05) is 11.9 Å². The zero-order chi connectivity index (χ0) is 23.8. The zero-order valence-corrected chi connectivity index (χ0v) is 17.7. The van der Waals surface area contributed by atoms with E-state index in [9.17, 15) is 23.1 Å². The van der Waals surface area contributed by atoms with Crippen LogP contribution < -0.4 is 4.90 Å². The van der Waals surface area contributed by atoms with Gasteiger partial charge in [0, 0.05) is 18.0 Å². The van der Waals surface area contributed by atoms with E-state index < -0.39 is 23.9 Å². The van der Waals surface area contributed by atoms with E-state index >= 15 is 0 Å². The largest absolute Gasteiger partial charge is 0.478 e. The minimum Gasteiger partial charge on any atom is -0.478 e. The van der Waals surface area contributed by atoms with Crippen molar-refractivity contribution < 1.29 is 28.2 Å².